The highest BCUT2D eigenvalue weighted by Crippen LogP contribution is 2.40. The zero-order chi connectivity index (χ0) is 10.1. The lowest BCUT2D eigenvalue weighted by Gasteiger charge is -2.11. The molecule has 2 rings (SSSR count). The van der Waals surface area contributed by atoms with Gasteiger partial charge in [0.25, 0.3) is 0 Å². The summed E-state index contributed by atoms with van der Waals surface area (Å²) in [6.45, 7) is 1.27. The molecule has 1 aliphatic heterocycles. The number of benzene rings is 1. The Labute approximate surface area is 94.5 Å². The first-order valence-electron chi connectivity index (χ1n) is 4.24. The topological polar surface area (TPSA) is 21.3 Å². The molecule has 0 saturated carbocycles. The number of halogens is 3. The van der Waals surface area contributed by atoms with Crippen molar-refractivity contribution in [2.45, 2.75) is 6.42 Å². The van der Waals surface area contributed by atoms with Crippen molar-refractivity contribution in [2.75, 3.05) is 18.5 Å². The molecule has 0 radical (unpaired) electrons. The number of fused-ring (bicyclic) bond motifs is 1. The average Bonchev–Trinajstić information content (AvgIpc) is 2.39. The summed E-state index contributed by atoms with van der Waals surface area (Å²) in [5.41, 5.74) is 0.349. The number of rotatable bonds is 0. The van der Waals surface area contributed by atoms with Crippen LogP contribution in [0, 0.1) is 5.82 Å². The molecule has 1 heterocycles. The first kappa shape index (κ1) is 10.1. The molecule has 14 heavy (non-hydrogen) atoms. The molecule has 1 aromatic carbocycles. The van der Waals surface area contributed by atoms with Gasteiger partial charge in [-0.05, 0) is 28.4 Å². The summed E-state index contributed by atoms with van der Waals surface area (Å²) in [6.07, 6.45) is 0.845. The van der Waals surface area contributed by atoms with Gasteiger partial charge in [0.2, 0.25) is 0 Å². The highest BCUT2D eigenvalue weighted by atomic mass is 79.9. The Bertz CT molecular complexity index is 372. The van der Waals surface area contributed by atoms with Gasteiger partial charge in [-0.3, -0.25) is 0 Å². The minimum atomic E-state index is -0.452. The van der Waals surface area contributed by atoms with Crippen LogP contribution < -0.4 is 10.1 Å². The third-order valence-electron chi connectivity index (χ3n) is 2.00. The Morgan fingerprint density at radius 3 is 3.14 bits per heavy atom. The summed E-state index contributed by atoms with van der Waals surface area (Å²) < 4.78 is 19.6. The predicted molar refractivity (Wildman–Crippen MR) is 57.7 cm³/mol. The van der Waals surface area contributed by atoms with Crippen molar-refractivity contribution in [3.05, 3.63) is 21.4 Å². The van der Waals surface area contributed by atoms with E-state index in [1.165, 1.54) is 6.07 Å². The van der Waals surface area contributed by atoms with E-state index in [0.29, 0.717) is 29.1 Å². The molecule has 0 unspecified atom stereocenters. The van der Waals surface area contributed by atoms with Gasteiger partial charge in [0.15, 0.2) is 11.6 Å². The van der Waals surface area contributed by atoms with Gasteiger partial charge in [-0.15, -0.1) is 0 Å². The minimum absolute atomic E-state index is 0.0913. The molecule has 0 spiro atoms. The van der Waals surface area contributed by atoms with E-state index in [2.05, 4.69) is 21.2 Å². The summed E-state index contributed by atoms with van der Waals surface area (Å²) in [7, 11) is 0. The minimum Gasteiger partial charge on any atom is -0.490 e. The van der Waals surface area contributed by atoms with Gasteiger partial charge in [0.1, 0.15) is 5.69 Å². The van der Waals surface area contributed by atoms with Crippen molar-refractivity contribution in [1.29, 1.82) is 0 Å². The first-order chi connectivity index (χ1) is 6.70. The molecule has 0 amide bonds. The van der Waals surface area contributed by atoms with Crippen molar-refractivity contribution >= 4 is 33.2 Å². The lowest BCUT2D eigenvalue weighted by atomic mass is 10.2. The van der Waals surface area contributed by atoms with E-state index >= 15 is 0 Å². The van der Waals surface area contributed by atoms with Crippen LogP contribution >= 0.6 is 27.5 Å². The second-order valence-corrected chi connectivity index (χ2v) is 4.25. The number of ether oxygens (including phenoxy) is 1. The summed E-state index contributed by atoms with van der Waals surface area (Å²) in [5, 5.41) is 3.05. The lowest BCUT2D eigenvalue weighted by molar-refractivity contribution is 0.320. The molecule has 0 aliphatic carbocycles. The standard InChI is InChI=1S/C9H8BrClFNO/c10-5-4-6(11)7(12)8-9(5)14-3-1-2-13-8/h4,13H,1-3H2. The molecule has 2 nitrogen and oxygen atoms in total. The molecule has 76 valence electrons. The van der Waals surface area contributed by atoms with E-state index in [-0.39, 0.29) is 5.02 Å². The molecule has 1 aliphatic rings. The van der Waals surface area contributed by atoms with E-state index in [4.69, 9.17) is 16.3 Å². The number of hydrogen-bond acceptors (Lipinski definition) is 2. The third kappa shape index (κ3) is 1.68. The molecule has 1 aromatic rings. The van der Waals surface area contributed by atoms with Crippen molar-refractivity contribution < 1.29 is 9.13 Å². The molecular formula is C9H8BrClFNO. The van der Waals surface area contributed by atoms with E-state index in [9.17, 15) is 4.39 Å². The maximum absolute atomic E-state index is 13.5. The molecule has 0 atom stereocenters. The molecule has 1 N–H and O–H groups in total. The predicted octanol–water partition coefficient (Wildman–Crippen LogP) is 3.44. The smallest absolute Gasteiger partial charge is 0.168 e. The van der Waals surface area contributed by atoms with Gasteiger partial charge in [-0.25, -0.2) is 4.39 Å². The Morgan fingerprint density at radius 2 is 2.36 bits per heavy atom. The fourth-order valence-electron chi connectivity index (χ4n) is 1.34. The van der Waals surface area contributed by atoms with Crippen LogP contribution in [-0.4, -0.2) is 13.2 Å². The molecule has 0 fully saturated rings. The Kier molecular flexibility index (Phi) is 2.83. The molecule has 0 saturated heterocycles. The third-order valence-corrected chi connectivity index (χ3v) is 2.86. The van der Waals surface area contributed by atoms with Crippen LogP contribution in [0.25, 0.3) is 0 Å². The van der Waals surface area contributed by atoms with E-state index in [1.54, 1.807) is 0 Å². The number of nitrogens with one attached hydrogen (secondary N) is 1. The van der Waals surface area contributed by atoms with Gasteiger partial charge in [0.05, 0.1) is 16.1 Å². The summed E-state index contributed by atoms with van der Waals surface area (Å²) >= 11 is 8.99. The van der Waals surface area contributed by atoms with Crippen LogP contribution in [0.5, 0.6) is 5.75 Å². The lowest BCUT2D eigenvalue weighted by Crippen LogP contribution is -2.01. The molecule has 0 bridgehead atoms. The largest absolute Gasteiger partial charge is 0.490 e. The van der Waals surface area contributed by atoms with Gasteiger partial charge in [0, 0.05) is 6.54 Å². The molecule has 0 aromatic heterocycles. The number of anilines is 1. The van der Waals surface area contributed by atoms with Crippen molar-refractivity contribution in [1.82, 2.24) is 0 Å². The van der Waals surface area contributed by atoms with Gasteiger partial charge in [-0.1, -0.05) is 11.6 Å². The van der Waals surface area contributed by atoms with E-state index < -0.39 is 5.82 Å². The molecular weight excluding hydrogens is 272 g/mol. The zero-order valence-corrected chi connectivity index (χ0v) is 9.58. The fraction of sp³-hybridized carbons (Fsp3) is 0.333. The van der Waals surface area contributed by atoms with Crippen LogP contribution in [0.1, 0.15) is 6.42 Å². The quantitative estimate of drug-likeness (QED) is 0.735. The Balaban J connectivity index is 2.57. The zero-order valence-electron chi connectivity index (χ0n) is 7.24. The highest BCUT2D eigenvalue weighted by Gasteiger charge is 2.19. The van der Waals surface area contributed by atoms with Crippen LogP contribution in [-0.2, 0) is 0 Å². The van der Waals surface area contributed by atoms with Crippen molar-refractivity contribution in [3.8, 4) is 5.75 Å². The van der Waals surface area contributed by atoms with Crippen molar-refractivity contribution in [2.24, 2.45) is 0 Å². The monoisotopic (exact) mass is 279 g/mol. The average molecular weight is 281 g/mol. The van der Waals surface area contributed by atoms with Crippen LogP contribution in [0.2, 0.25) is 5.02 Å². The Hall–Kier alpha value is -0.480. The fourth-order valence-corrected chi connectivity index (χ4v) is 2.21. The van der Waals surface area contributed by atoms with Crippen molar-refractivity contribution in [3.63, 3.8) is 0 Å². The SMILES string of the molecule is Fc1c(Cl)cc(Br)c2c1NCCCO2. The van der Waals surface area contributed by atoms with Gasteiger partial charge in [-0.2, -0.15) is 0 Å². The van der Waals surface area contributed by atoms with E-state index in [0.717, 1.165) is 6.42 Å². The summed E-state index contributed by atoms with van der Waals surface area (Å²) in [5.74, 6) is 0.0520. The Morgan fingerprint density at radius 1 is 1.57 bits per heavy atom. The summed E-state index contributed by atoms with van der Waals surface area (Å²) in [4.78, 5) is 0. The molecule has 5 heteroatoms. The summed E-state index contributed by atoms with van der Waals surface area (Å²) in [6, 6.07) is 1.50. The highest BCUT2D eigenvalue weighted by molar-refractivity contribution is 9.10. The second-order valence-electron chi connectivity index (χ2n) is 2.99. The first-order valence-corrected chi connectivity index (χ1v) is 5.41. The van der Waals surface area contributed by atoms with Crippen LogP contribution in [0.4, 0.5) is 10.1 Å². The van der Waals surface area contributed by atoms with Crippen LogP contribution in [0.15, 0.2) is 10.5 Å². The maximum Gasteiger partial charge on any atom is 0.168 e. The second kappa shape index (κ2) is 3.95. The van der Waals surface area contributed by atoms with E-state index in [1.807, 2.05) is 0 Å². The van der Waals surface area contributed by atoms with Gasteiger partial charge >= 0.3 is 0 Å². The normalized spacial score (nSPS) is 15.1. The van der Waals surface area contributed by atoms with Gasteiger partial charge < -0.3 is 10.1 Å². The maximum atomic E-state index is 13.5. The van der Waals surface area contributed by atoms with Crippen LogP contribution in [0.3, 0.4) is 0 Å². The number of hydrogen-bond donors (Lipinski definition) is 1.